The monoisotopic (exact) mass is 332 g/mol. The molecule has 0 aliphatic rings. The third kappa shape index (κ3) is 4.07. The number of amides is 1. The van der Waals surface area contributed by atoms with Crippen molar-refractivity contribution in [2.24, 2.45) is 0 Å². The Bertz CT molecular complexity index is 747. The number of halogens is 1. The summed E-state index contributed by atoms with van der Waals surface area (Å²) >= 11 is 0. The van der Waals surface area contributed by atoms with Gasteiger partial charge < -0.3 is 9.64 Å². The number of aryl methyl sites for hydroxylation is 1. The molecule has 0 aliphatic carbocycles. The Morgan fingerprint density at radius 3 is 2.46 bits per heavy atom. The molecule has 2 aromatic carbocycles. The molecule has 0 aromatic heterocycles. The standard InChI is InChI=1S/C17H17FN2O4/c1-3-19(14-6-4-13(18)5-7-14)17(21)11-24-15-8-9-16(20(22)23)12(2)10-15/h4-10H,3,11H2,1-2H3. The van der Waals surface area contributed by atoms with Crippen molar-refractivity contribution in [1.29, 1.82) is 0 Å². The van der Waals surface area contributed by atoms with Crippen molar-refractivity contribution in [3.63, 3.8) is 0 Å². The van der Waals surface area contributed by atoms with Gasteiger partial charge in [-0.2, -0.15) is 0 Å². The highest BCUT2D eigenvalue weighted by atomic mass is 19.1. The number of nitro benzene ring substituents is 1. The first-order chi connectivity index (χ1) is 11.4. The Kier molecular flexibility index (Phi) is 5.47. The Morgan fingerprint density at radius 1 is 1.25 bits per heavy atom. The van der Waals surface area contributed by atoms with Gasteiger partial charge in [0, 0.05) is 23.9 Å². The largest absolute Gasteiger partial charge is 0.484 e. The molecule has 0 atom stereocenters. The number of hydrogen-bond acceptors (Lipinski definition) is 4. The van der Waals surface area contributed by atoms with Crippen LogP contribution in [0.2, 0.25) is 0 Å². The molecule has 1 amide bonds. The minimum Gasteiger partial charge on any atom is -0.484 e. The number of anilines is 1. The minimum atomic E-state index is -0.475. The van der Waals surface area contributed by atoms with Gasteiger partial charge in [0.15, 0.2) is 6.61 Å². The molecule has 24 heavy (non-hydrogen) atoms. The second-order valence-electron chi connectivity index (χ2n) is 5.11. The summed E-state index contributed by atoms with van der Waals surface area (Å²) in [7, 11) is 0. The lowest BCUT2D eigenvalue weighted by molar-refractivity contribution is -0.385. The molecule has 0 heterocycles. The van der Waals surface area contributed by atoms with E-state index < -0.39 is 4.92 Å². The normalized spacial score (nSPS) is 10.3. The van der Waals surface area contributed by atoms with Crippen molar-refractivity contribution in [2.45, 2.75) is 13.8 Å². The SMILES string of the molecule is CCN(C(=O)COc1ccc([N+](=O)[O-])c(C)c1)c1ccc(F)cc1. The molecule has 126 valence electrons. The van der Waals surface area contributed by atoms with E-state index in [-0.39, 0.29) is 24.0 Å². The van der Waals surface area contributed by atoms with Crippen molar-refractivity contribution < 1.29 is 18.8 Å². The van der Waals surface area contributed by atoms with Crippen molar-refractivity contribution in [1.82, 2.24) is 0 Å². The maximum atomic E-state index is 13.0. The molecule has 0 N–H and O–H groups in total. The Balaban J connectivity index is 2.04. The van der Waals surface area contributed by atoms with Crippen LogP contribution in [0.15, 0.2) is 42.5 Å². The van der Waals surface area contributed by atoms with E-state index in [2.05, 4.69) is 0 Å². The van der Waals surface area contributed by atoms with E-state index in [4.69, 9.17) is 4.74 Å². The van der Waals surface area contributed by atoms with Gasteiger partial charge in [-0.1, -0.05) is 0 Å². The van der Waals surface area contributed by atoms with Gasteiger partial charge in [0.25, 0.3) is 11.6 Å². The molecule has 0 spiro atoms. The lowest BCUT2D eigenvalue weighted by Gasteiger charge is -2.21. The number of benzene rings is 2. The predicted molar refractivity (Wildman–Crippen MR) is 87.8 cm³/mol. The summed E-state index contributed by atoms with van der Waals surface area (Å²) in [6.45, 7) is 3.59. The van der Waals surface area contributed by atoms with E-state index in [0.717, 1.165) is 0 Å². The summed E-state index contributed by atoms with van der Waals surface area (Å²) in [4.78, 5) is 24.1. The van der Waals surface area contributed by atoms with E-state index in [1.165, 1.54) is 47.4 Å². The molecule has 0 saturated carbocycles. The highest BCUT2D eigenvalue weighted by Crippen LogP contribution is 2.23. The van der Waals surface area contributed by atoms with Crippen LogP contribution in [0.1, 0.15) is 12.5 Å². The van der Waals surface area contributed by atoms with Crippen LogP contribution in [0.4, 0.5) is 15.8 Å². The number of nitrogens with zero attached hydrogens (tertiary/aromatic N) is 2. The van der Waals surface area contributed by atoms with Gasteiger partial charge in [-0.05, 0) is 50.2 Å². The molecule has 2 rings (SSSR count). The molecule has 0 aliphatic heterocycles. The lowest BCUT2D eigenvalue weighted by atomic mass is 10.2. The van der Waals surface area contributed by atoms with E-state index in [9.17, 15) is 19.3 Å². The highest BCUT2D eigenvalue weighted by molar-refractivity contribution is 5.94. The van der Waals surface area contributed by atoms with Gasteiger partial charge in [0.2, 0.25) is 0 Å². The van der Waals surface area contributed by atoms with Crippen molar-refractivity contribution in [3.8, 4) is 5.75 Å². The predicted octanol–water partition coefficient (Wildman–Crippen LogP) is 3.47. The molecular formula is C17H17FN2O4. The van der Waals surface area contributed by atoms with Crippen LogP contribution in [0.3, 0.4) is 0 Å². The van der Waals surface area contributed by atoms with Crippen molar-refractivity contribution in [2.75, 3.05) is 18.1 Å². The zero-order valence-electron chi connectivity index (χ0n) is 13.4. The van der Waals surface area contributed by atoms with Crippen LogP contribution in [-0.2, 0) is 4.79 Å². The third-order valence-electron chi connectivity index (χ3n) is 3.48. The summed E-state index contributed by atoms with van der Waals surface area (Å²) in [5, 5.41) is 10.8. The average Bonchev–Trinajstić information content (AvgIpc) is 2.55. The Labute approximate surface area is 138 Å². The van der Waals surface area contributed by atoms with Crippen LogP contribution in [0, 0.1) is 22.9 Å². The second-order valence-corrected chi connectivity index (χ2v) is 5.11. The summed E-state index contributed by atoms with van der Waals surface area (Å²) in [5.74, 6) is -0.290. The number of hydrogen-bond donors (Lipinski definition) is 0. The molecule has 0 saturated heterocycles. The maximum absolute atomic E-state index is 13.0. The van der Waals surface area contributed by atoms with Crippen LogP contribution in [-0.4, -0.2) is 24.0 Å². The van der Waals surface area contributed by atoms with E-state index in [1.807, 2.05) is 0 Å². The molecule has 7 heteroatoms. The molecule has 0 fully saturated rings. The molecule has 6 nitrogen and oxygen atoms in total. The number of nitro groups is 1. The zero-order chi connectivity index (χ0) is 17.7. The summed E-state index contributed by atoms with van der Waals surface area (Å²) in [6.07, 6.45) is 0. The summed E-state index contributed by atoms with van der Waals surface area (Å²) in [6, 6.07) is 9.91. The number of carbonyl (C=O) groups excluding carboxylic acids is 1. The smallest absolute Gasteiger partial charge is 0.272 e. The van der Waals surface area contributed by atoms with E-state index >= 15 is 0 Å². The molecule has 0 bridgehead atoms. The minimum absolute atomic E-state index is 0.00447. The Hall–Kier alpha value is -2.96. The van der Waals surface area contributed by atoms with Crippen molar-refractivity contribution in [3.05, 3.63) is 64.0 Å². The van der Waals surface area contributed by atoms with Gasteiger partial charge in [0.05, 0.1) is 4.92 Å². The van der Waals surface area contributed by atoms with Crippen LogP contribution in [0.25, 0.3) is 0 Å². The van der Waals surface area contributed by atoms with Crippen LogP contribution in [0.5, 0.6) is 5.75 Å². The van der Waals surface area contributed by atoms with Gasteiger partial charge in [-0.3, -0.25) is 14.9 Å². The highest BCUT2D eigenvalue weighted by Gasteiger charge is 2.16. The third-order valence-corrected chi connectivity index (χ3v) is 3.48. The maximum Gasteiger partial charge on any atom is 0.272 e. The first kappa shape index (κ1) is 17.4. The Morgan fingerprint density at radius 2 is 1.92 bits per heavy atom. The quantitative estimate of drug-likeness (QED) is 0.600. The molecule has 0 radical (unpaired) electrons. The van der Waals surface area contributed by atoms with Crippen LogP contribution >= 0.6 is 0 Å². The second kappa shape index (κ2) is 7.54. The lowest BCUT2D eigenvalue weighted by Crippen LogP contribution is -2.34. The fourth-order valence-corrected chi connectivity index (χ4v) is 2.27. The van der Waals surface area contributed by atoms with Gasteiger partial charge in [-0.15, -0.1) is 0 Å². The van der Waals surface area contributed by atoms with Crippen molar-refractivity contribution >= 4 is 17.3 Å². The average molecular weight is 332 g/mol. The van der Waals surface area contributed by atoms with Gasteiger partial charge in [0.1, 0.15) is 11.6 Å². The van der Waals surface area contributed by atoms with Crippen LogP contribution < -0.4 is 9.64 Å². The fraction of sp³-hybridized carbons (Fsp3) is 0.235. The molecule has 2 aromatic rings. The van der Waals surface area contributed by atoms with E-state index in [0.29, 0.717) is 23.5 Å². The fourth-order valence-electron chi connectivity index (χ4n) is 2.27. The number of likely N-dealkylation sites (N-methyl/N-ethyl adjacent to an activating group) is 1. The number of ether oxygens (including phenoxy) is 1. The summed E-state index contributed by atoms with van der Waals surface area (Å²) < 4.78 is 18.4. The first-order valence-electron chi connectivity index (χ1n) is 7.36. The topological polar surface area (TPSA) is 72.7 Å². The van der Waals surface area contributed by atoms with E-state index in [1.54, 1.807) is 13.8 Å². The summed E-state index contributed by atoms with van der Waals surface area (Å²) in [5.41, 5.74) is 1.03. The van der Waals surface area contributed by atoms with Gasteiger partial charge >= 0.3 is 0 Å². The molecular weight excluding hydrogens is 315 g/mol. The van der Waals surface area contributed by atoms with Gasteiger partial charge in [-0.25, -0.2) is 4.39 Å². The number of rotatable bonds is 6. The number of carbonyl (C=O) groups is 1. The molecule has 0 unspecified atom stereocenters. The first-order valence-corrected chi connectivity index (χ1v) is 7.36. The zero-order valence-corrected chi connectivity index (χ0v) is 13.4.